The van der Waals surface area contributed by atoms with Crippen LogP contribution in [0.25, 0.3) is 22.2 Å². The number of carbonyl (C=O) groups excluding carboxylic acids is 1. The quantitative estimate of drug-likeness (QED) is 0.377. The second-order valence-electron chi connectivity index (χ2n) is 5.09. The van der Waals surface area contributed by atoms with E-state index in [2.05, 4.69) is 10.2 Å². The van der Waals surface area contributed by atoms with Crippen LogP contribution in [0.1, 0.15) is 9.67 Å². The average molecular weight is 352 g/mol. The Kier molecular flexibility index (Phi) is 4.15. The number of thioether (sulfide) groups is 1. The van der Waals surface area contributed by atoms with Crippen LogP contribution < -0.4 is 0 Å². The molecule has 0 saturated heterocycles. The van der Waals surface area contributed by atoms with Crippen molar-refractivity contribution < 1.29 is 9.21 Å². The molecule has 0 saturated carbocycles. The summed E-state index contributed by atoms with van der Waals surface area (Å²) in [7, 11) is 0. The summed E-state index contributed by atoms with van der Waals surface area (Å²) in [5.41, 5.74) is 0.900. The first-order chi connectivity index (χ1) is 11.8. The second-order valence-corrected chi connectivity index (χ2v) is 6.96. The highest BCUT2D eigenvalue weighted by molar-refractivity contribution is 7.99. The number of ketones is 1. The van der Waals surface area contributed by atoms with Gasteiger partial charge in [-0.1, -0.05) is 54.2 Å². The van der Waals surface area contributed by atoms with E-state index in [0.29, 0.717) is 11.1 Å². The predicted octanol–water partition coefficient (Wildman–Crippen LogP) is 4.93. The minimum atomic E-state index is 0.0694. The van der Waals surface area contributed by atoms with E-state index in [-0.39, 0.29) is 11.5 Å². The fraction of sp³-hybridized carbons (Fsp3) is 0.0556. The van der Waals surface area contributed by atoms with Crippen molar-refractivity contribution in [2.24, 2.45) is 0 Å². The van der Waals surface area contributed by atoms with Crippen LogP contribution in [0.4, 0.5) is 0 Å². The molecule has 6 heteroatoms. The zero-order valence-electron chi connectivity index (χ0n) is 12.5. The van der Waals surface area contributed by atoms with E-state index in [1.54, 1.807) is 0 Å². The molecule has 4 aromatic rings. The third kappa shape index (κ3) is 2.98. The number of aromatic nitrogens is 2. The van der Waals surface area contributed by atoms with Crippen molar-refractivity contribution in [1.29, 1.82) is 0 Å². The summed E-state index contributed by atoms with van der Waals surface area (Å²) in [5, 5.41) is 12.7. The van der Waals surface area contributed by atoms with Gasteiger partial charge >= 0.3 is 0 Å². The van der Waals surface area contributed by atoms with Crippen LogP contribution in [-0.2, 0) is 0 Å². The van der Waals surface area contributed by atoms with Gasteiger partial charge in [-0.2, -0.15) is 0 Å². The molecule has 24 heavy (non-hydrogen) atoms. The van der Waals surface area contributed by atoms with Crippen molar-refractivity contribution >= 4 is 39.7 Å². The summed E-state index contributed by atoms with van der Waals surface area (Å²) < 4.78 is 5.74. The molecule has 0 radical (unpaired) electrons. The van der Waals surface area contributed by atoms with Gasteiger partial charge in [0.25, 0.3) is 5.22 Å². The van der Waals surface area contributed by atoms with E-state index >= 15 is 0 Å². The number of fused-ring (bicyclic) bond motifs is 1. The van der Waals surface area contributed by atoms with Gasteiger partial charge in [0.05, 0.1) is 10.6 Å². The van der Waals surface area contributed by atoms with Crippen LogP contribution in [-0.4, -0.2) is 21.7 Å². The number of hydrogen-bond acceptors (Lipinski definition) is 6. The molecule has 2 aromatic heterocycles. The Morgan fingerprint density at radius 2 is 1.92 bits per heavy atom. The molecule has 4 rings (SSSR count). The average Bonchev–Trinajstić information content (AvgIpc) is 3.31. The zero-order chi connectivity index (χ0) is 16.4. The largest absolute Gasteiger partial charge is 0.411 e. The second kappa shape index (κ2) is 6.59. The minimum Gasteiger partial charge on any atom is -0.411 e. The van der Waals surface area contributed by atoms with E-state index in [0.717, 1.165) is 21.2 Å². The summed E-state index contributed by atoms with van der Waals surface area (Å²) in [6, 6.07) is 17.7. The first-order valence-electron chi connectivity index (χ1n) is 7.32. The van der Waals surface area contributed by atoms with E-state index in [1.165, 1.54) is 23.1 Å². The first kappa shape index (κ1) is 15.1. The third-order valence-corrected chi connectivity index (χ3v) is 5.28. The van der Waals surface area contributed by atoms with Gasteiger partial charge in [0.1, 0.15) is 0 Å². The third-order valence-electron chi connectivity index (χ3n) is 3.55. The van der Waals surface area contributed by atoms with Crippen LogP contribution in [0.5, 0.6) is 0 Å². The van der Waals surface area contributed by atoms with E-state index in [9.17, 15) is 4.79 Å². The molecule has 0 bridgehead atoms. The highest BCUT2D eigenvalue weighted by atomic mass is 32.2. The molecule has 0 aliphatic heterocycles. The predicted molar refractivity (Wildman–Crippen MR) is 96.6 cm³/mol. The molecule has 0 amide bonds. The van der Waals surface area contributed by atoms with E-state index < -0.39 is 0 Å². The molecule has 0 aliphatic rings. The van der Waals surface area contributed by atoms with Crippen LogP contribution in [0, 0.1) is 0 Å². The fourth-order valence-electron chi connectivity index (χ4n) is 2.42. The van der Waals surface area contributed by atoms with Crippen molar-refractivity contribution in [3.05, 3.63) is 64.9 Å². The molecule has 0 N–H and O–H groups in total. The van der Waals surface area contributed by atoms with Gasteiger partial charge in [0.15, 0.2) is 5.78 Å². The van der Waals surface area contributed by atoms with Gasteiger partial charge in [-0.15, -0.1) is 21.5 Å². The summed E-state index contributed by atoms with van der Waals surface area (Å²) in [6.45, 7) is 0. The molecule has 0 aliphatic carbocycles. The summed E-state index contributed by atoms with van der Waals surface area (Å²) in [6.07, 6.45) is 0. The number of nitrogens with zero attached hydrogens (tertiary/aromatic N) is 2. The van der Waals surface area contributed by atoms with Crippen molar-refractivity contribution in [3.63, 3.8) is 0 Å². The molecule has 118 valence electrons. The first-order valence-corrected chi connectivity index (χ1v) is 9.19. The van der Waals surface area contributed by atoms with Crippen molar-refractivity contribution in [3.8, 4) is 11.5 Å². The lowest BCUT2D eigenvalue weighted by molar-refractivity contribution is 0.102. The summed E-state index contributed by atoms with van der Waals surface area (Å²) in [4.78, 5) is 12.8. The smallest absolute Gasteiger partial charge is 0.277 e. The van der Waals surface area contributed by atoms with E-state index in [4.69, 9.17) is 4.42 Å². The lowest BCUT2D eigenvalue weighted by Crippen LogP contribution is -1.98. The SMILES string of the molecule is O=C(CSc1nnc(-c2cccc3ccccc23)o1)c1cccs1. The maximum atomic E-state index is 12.0. The normalized spacial score (nSPS) is 11.0. The van der Waals surface area contributed by atoms with Crippen molar-refractivity contribution in [2.75, 3.05) is 5.75 Å². The standard InChI is InChI=1S/C18H12N2O2S2/c21-15(16-9-4-10-23-16)11-24-18-20-19-17(22-18)14-8-3-6-12-5-1-2-7-13(12)14/h1-10H,11H2. The number of thiophene rings is 1. The maximum Gasteiger partial charge on any atom is 0.277 e. The Bertz CT molecular complexity index is 988. The Morgan fingerprint density at radius 1 is 1.04 bits per heavy atom. The Morgan fingerprint density at radius 3 is 2.79 bits per heavy atom. The molecule has 4 nitrogen and oxygen atoms in total. The van der Waals surface area contributed by atoms with Gasteiger partial charge in [-0.25, -0.2) is 0 Å². The van der Waals surface area contributed by atoms with E-state index in [1.807, 2.05) is 60.0 Å². The van der Waals surface area contributed by atoms with Crippen LogP contribution in [0.15, 0.2) is 69.6 Å². The Balaban J connectivity index is 1.55. The highest BCUT2D eigenvalue weighted by Crippen LogP contribution is 2.29. The van der Waals surface area contributed by atoms with Gasteiger partial charge in [-0.05, 0) is 28.3 Å². The highest BCUT2D eigenvalue weighted by Gasteiger charge is 2.14. The zero-order valence-corrected chi connectivity index (χ0v) is 14.1. The number of benzene rings is 2. The molecule has 0 fully saturated rings. The molecular weight excluding hydrogens is 340 g/mol. The fourth-order valence-corrected chi connectivity index (χ4v) is 3.83. The van der Waals surface area contributed by atoms with Gasteiger partial charge in [0, 0.05) is 5.56 Å². The van der Waals surface area contributed by atoms with Crippen LogP contribution in [0.3, 0.4) is 0 Å². The van der Waals surface area contributed by atoms with Crippen LogP contribution in [0.2, 0.25) is 0 Å². The lowest BCUT2D eigenvalue weighted by Gasteiger charge is -2.01. The van der Waals surface area contributed by atoms with Gasteiger partial charge in [0.2, 0.25) is 5.89 Å². The van der Waals surface area contributed by atoms with Crippen LogP contribution >= 0.6 is 23.1 Å². The molecule has 0 unspecified atom stereocenters. The topological polar surface area (TPSA) is 56.0 Å². The number of carbonyl (C=O) groups is 1. The lowest BCUT2D eigenvalue weighted by atomic mass is 10.0. The van der Waals surface area contributed by atoms with Crippen molar-refractivity contribution in [2.45, 2.75) is 5.22 Å². The molecule has 0 atom stereocenters. The number of Topliss-reactive ketones (excluding diaryl/α,β-unsaturated/α-hetero) is 1. The molecule has 0 spiro atoms. The molecule has 2 aromatic carbocycles. The summed E-state index contributed by atoms with van der Waals surface area (Å²) in [5.74, 6) is 0.829. The van der Waals surface area contributed by atoms with Gasteiger partial charge < -0.3 is 4.42 Å². The monoisotopic (exact) mass is 352 g/mol. The summed E-state index contributed by atoms with van der Waals surface area (Å²) >= 11 is 2.70. The molecule has 2 heterocycles. The maximum absolute atomic E-state index is 12.0. The molecular formula is C18H12N2O2S2. The number of hydrogen-bond donors (Lipinski definition) is 0. The number of rotatable bonds is 5. The van der Waals surface area contributed by atoms with Crippen molar-refractivity contribution in [1.82, 2.24) is 10.2 Å². The minimum absolute atomic E-state index is 0.0694. The van der Waals surface area contributed by atoms with Gasteiger partial charge in [-0.3, -0.25) is 4.79 Å². The Hall–Kier alpha value is -2.44. The Labute approximate surface area is 146 Å².